The second-order valence-corrected chi connectivity index (χ2v) is 7.05. The summed E-state index contributed by atoms with van der Waals surface area (Å²) in [7, 11) is 2.02. The lowest BCUT2D eigenvalue weighted by atomic mass is 10.0. The minimum Gasteiger partial charge on any atom is -0.337 e. The third-order valence-electron chi connectivity index (χ3n) is 5.34. The van der Waals surface area contributed by atoms with Crippen molar-refractivity contribution in [2.75, 3.05) is 6.54 Å². The Labute approximate surface area is 153 Å². The molecule has 5 heteroatoms. The number of amides is 1. The van der Waals surface area contributed by atoms with Crippen molar-refractivity contribution in [3.8, 4) is 0 Å². The van der Waals surface area contributed by atoms with Gasteiger partial charge in [0.05, 0.1) is 5.69 Å². The fraction of sp³-hybridized carbons (Fsp3) is 0.333. The maximum Gasteiger partial charge on any atom is 0.224 e. The summed E-state index contributed by atoms with van der Waals surface area (Å²) in [4.78, 5) is 18.8. The van der Waals surface area contributed by atoms with E-state index in [0.29, 0.717) is 13.0 Å². The van der Waals surface area contributed by atoms with Crippen LogP contribution >= 0.6 is 0 Å². The largest absolute Gasteiger partial charge is 0.337 e. The normalized spacial score (nSPS) is 17.4. The van der Waals surface area contributed by atoms with Gasteiger partial charge in [0.15, 0.2) is 0 Å². The molecule has 5 nitrogen and oxygen atoms in total. The van der Waals surface area contributed by atoms with Crippen LogP contribution < -0.4 is 5.32 Å². The number of nitrogens with one attached hydrogen (secondary N) is 1. The minimum atomic E-state index is 0.188. The maximum absolute atomic E-state index is 12.5. The molecule has 1 amide bonds. The number of fused-ring (bicyclic) bond motifs is 1. The van der Waals surface area contributed by atoms with Gasteiger partial charge in [-0.2, -0.15) is 0 Å². The molecule has 0 bridgehead atoms. The van der Waals surface area contributed by atoms with Crippen molar-refractivity contribution in [2.45, 2.75) is 32.5 Å². The van der Waals surface area contributed by atoms with Gasteiger partial charge in [-0.3, -0.25) is 4.79 Å². The number of benzene rings is 2. The second-order valence-electron chi connectivity index (χ2n) is 7.05. The lowest BCUT2D eigenvalue weighted by Crippen LogP contribution is -2.32. The first kappa shape index (κ1) is 16.8. The number of aryl methyl sites for hydroxylation is 1. The van der Waals surface area contributed by atoms with Crippen LogP contribution in [-0.4, -0.2) is 32.9 Å². The van der Waals surface area contributed by atoms with Crippen molar-refractivity contribution in [3.63, 3.8) is 0 Å². The number of rotatable bonds is 5. The highest BCUT2D eigenvalue weighted by atomic mass is 16.2. The molecule has 0 radical (unpaired) electrons. The average molecular weight is 348 g/mol. The van der Waals surface area contributed by atoms with E-state index in [0.717, 1.165) is 24.6 Å². The molecule has 134 valence electrons. The standard InChI is InChI=1S/C21H24N4O/c1-15-22-11-19(24(15)2)12-23-18-10-21(26)25(14-18)13-17-8-5-7-16-6-3-4-9-20(16)17/h3-9,11,18,23H,10,12-14H2,1-2H3/t18-/m0/s1. The van der Waals surface area contributed by atoms with E-state index in [1.165, 1.54) is 16.3 Å². The smallest absolute Gasteiger partial charge is 0.224 e. The van der Waals surface area contributed by atoms with Crippen LogP contribution in [0.15, 0.2) is 48.7 Å². The molecule has 26 heavy (non-hydrogen) atoms. The molecule has 3 aromatic rings. The number of aromatic nitrogens is 2. The number of likely N-dealkylation sites (tertiary alicyclic amines) is 1. The van der Waals surface area contributed by atoms with E-state index in [2.05, 4.69) is 51.3 Å². The van der Waals surface area contributed by atoms with E-state index in [4.69, 9.17) is 0 Å². The summed E-state index contributed by atoms with van der Waals surface area (Å²) in [6.07, 6.45) is 2.45. The molecule has 1 aliphatic rings. The maximum atomic E-state index is 12.5. The fourth-order valence-corrected chi connectivity index (χ4v) is 3.66. The van der Waals surface area contributed by atoms with Gasteiger partial charge in [0.2, 0.25) is 5.91 Å². The number of nitrogens with zero attached hydrogens (tertiary/aromatic N) is 3. The second kappa shape index (κ2) is 6.92. The van der Waals surface area contributed by atoms with Crippen molar-refractivity contribution in [1.82, 2.24) is 19.8 Å². The zero-order chi connectivity index (χ0) is 18.1. The van der Waals surface area contributed by atoms with Gasteiger partial charge in [-0.15, -0.1) is 0 Å². The van der Waals surface area contributed by atoms with Crippen molar-refractivity contribution in [2.24, 2.45) is 7.05 Å². The van der Waals surface area contributed by atoms with Crippen LogP contribution in [0.4, 0.5) is 0 Å². The molecule has 2 heterocycles. The predicted octanol–water partition coefficient (Wildman–Crippen LogP) is 2.77. The van der Waals surface area contributed by atoms with Gasteiger partial charge in [-0.25, -0.2) is 4.98 Å². The third-order valence-corrected chi connectivity index (χ3v) is 5.34. The Bertz CT molecular complexity index is 941. The van der Waals surface area contributed by atoms with E-state index >= 15 is 0 Å². The molecule has 2 aromatic carbocycles. The topological polar surface area (TPSA) is 50.2 Å². The summed E-state index contributed by atoms with van der Waals surface area (Å²) in [6.45, 7) is 4.15. The SMILES string of the molecule is Cc1ncc(CN[C@H]2CC(=O)N(Cc3cccc4ccccc34)C2)n1C. The summed E-state index contributed by atoms with van der Waals surface area (Å²) in [6, 6.07) is 14.8. The number of imidazole rings is 1. The zero-order valence-corrected chi connectivity index (χ0v) is 15.3. The molecule has 1 aliphatic heterocycles. The Balaban J connectivity index is 1.42. The minimum absolute atomic E-state index is 0.188. The Morgan fingerprint density at radius 1 is 1.19 bits per heavy atom. The van der Waals surface area contributed by atoms with Gasteiger partial charge in [0, 0.05) is 45.3 Å². The van der Waals surface area contributed by atoms with Crippen LogP contribution in [-0.2, 0) is 24.9 Å². The summed E-state index contributed by atoms with van der Waals surface area (Å²) in [5.41, 5.74) is 2.35. The van der Waals surface area contributed by atoms with E-state index < -0.39 is 0 Å². The highest BCUT2D eigenvalue weighted by molar-refractivity contribution is 5.86. The highest BCUT2D eigenvalue weighted by Gasteiger charge is 2.29. The van der Waals surface area contributed by atoms with Crippen molar-refractivity contribution in [1.29, 1.82) is 0 Å². The van der Waals surface area contributed by atoms with Gasteiger partial charge in [0.25, 0.3) is 0 Å². The predicted molar refractivity (Wildman–Crippen MR) is 103 cm³/mol. The number of carbonyl (C=O) groups is 1. The van der Waals surface area contributed by atoms with E-state index in [9.17, 15) is 4.79 Å². The van der Waals surface area contributed by atoms with Crippen LogP contribution in [0.25, 0.3) is 10.8 Å². The quantitative estimate of drug-likeness (QED) is 0.771. The summed E-state index contributed by atoms with van der Waals surface area (Å²) >= 11 is 0. The summed E-state index contributed by atoms with van der Waals surface area (Å²) in [5.74, 6) is 1.22. The first-order valence-electron chi connectivity index (χ1n) is 9.07. The summed E-state index contributed by atoms with van der Waals surface area (Å²) in [5, 5.41) is 5.96. The van der Waals surface area contributed by atoms with Crippen LogP contribution in [0, 0.1) is 6.92 Å². The molecule has 0 spiro atoms. The van der Waals surface area contributed by atoms with Crippen molar-refractivity contribution >= 4 is 16.7 Å². The summed E-state index contributed by atoms with van der Waals surface area (Å²) < 4.78 is 2.08. The Morgan fingerprint density at radius 3 is 2.81 bits per heavy atom. The Hall–Kier alpha value is -2.66. The molecular formula is C21H24N4O. The van der Waals surface area contributed by atoms with E-state index in [-0.39, 0.29) is 11.9 Å². The monoisotopic (exact) mass is 348 g/mol. The van der Waals surface area contributed by atoms with Gasteiger partial charge in [-0.05, 0) is 23.3 Å². The Morgan fingerprint density at radius 2 is 2.00 bits per heavy atom. The van der Waals surface area contributed by atoms with E-state index in [1.54, 1.807) is 0 Å². The molecule has 0 saturated carbocycles. The average Bonchev–Trinajstić information content (AvgIpc) is 3.16. The number of carbonyl (C=O) groups excluding carboxylic acids is 1. The molecular weight excluding hydrogens is 324 g/mol. The highest BCUT2D eigenvalue weighted by Crippen LogP contribution is 2.22. The first-order chi connectivity index (χ1) is 12.6. The molecule has 1 atom stereocenters. The van der Waals surface area contributed by atoms with Gasteiger partial charge >= 0.3 is 0 Å². The fourth-order valence-electron chi connectivity index (χ4n) is 3.66. The number of hydrogen-bond acceptors (Lipinski definition) is 3. The van der Waals surface area contributed by atoms with Gasteiger partial charge < -0.3 is 14.8 Å². The van der Waals surface area contributed by atoms with Gasteiger partial charge in [0.1, 0.15) is 5.82 Å². The van der Waals surface area contributed by atoms with Crippen LogP contribution in [0.3, 0.4) is 0 Å². The molecule has 1 saturated heterocycles. The van der Waals surface area contributed by atoms with Crippen LogP contribution in [0.5, 0.6) is 0 Å². The lowest BCUT2D eigenvalue weighted by Gasteiger charge is -2.18. The molecule has 0 aliphatic carbocycles. The van der Waals surface area contributed by atoms with Gasteiger partial charge in [-0.1, -0.05) is 42.5 Å². The number of hydrogen-bond donors (Lipinski definition) is 1. The molecule has 1 aromatic heterocycles. The van der Waals surface area contributed by atoms with E-state index in [1.807, 2.05) is 31.1 Å². The first-order valence-corrected chi connectivity index (χ1v) is 9.07. The molecule has 1 fully saturated rings. The third kappa shape index (κ3) is 3.22. The molecule has 1 N–H and O–H groups in total. The lowest BCUT2D eigenvalue weighted by molar-refractivity contribution is -0.128. The Kier molecular flexibility index (Phi) is 4.47. The van der Waals surface area contributed by atoms with Crippen molar-refractivity contribution < 1.29 is 4.79 Å². The van der Waals surface area contributed by atoms with Crippen LogP contribution in [0.1, 0.15) is 23.5 Å². The molecule has 0 unspecified atom stereocenters. The van der Waals surface area contributed by atoms with Crippen LogP contribution in [0.2, 0.25) is 0 Å². The zero-order valence-electron chi connectivity index (χ0n) is 15.3. The molecule has 4 rings (SSSR count). The van der Waals surface area contributed by atoms with Crippen molar-refractivity contribution in [3.05, 3.63) is 65.7 Å².